The van der Waals surface area contributed by atoms with E-state index in [0.717, 1.165) is 0 Å². The fourth-order valence-electron chi connectivity index (χ4n) is 0.542. The molecule has 0 heterocycles. The zero-order chi connectivity index (χ0) is 13.9. The maximum absolute atomic E-state index is 11.2. The van der Waals surface area contributed by atoms with Crippen LogP contribution >= 0.6 is 0 Å². The summed E-state index contributed by atoms with van der Waals surface area (Å²) in [5.74, 6) is -2.18. The summed E-state index contributed by atoms with van der Waals surface area (Å²) in [5.41, 5.74) is 5.13. The van der Waals surface area contributed by atoms with Gasteiger partial charge in [0.1, 0.15) is 6.04 Å². The molecule has 5 nitrogen and oxygen atoms in total. The second-order valence-corrected chi connectivity index (χ2v) is 2.16. The van der Waals surface area contributed by atoms with Crippen LogP contribution in [0.15, 0.2) is 0 Å². The van der Waals surface area contributed by atoms with E-state index in [9.17, 15) is 9.59 Å². The Kier molecular flexibility index (Phi) is 2.22. The SMILES string of the molecule is [2H]C([2H])([2H])C([2H])([2H])NC(=O)CC[C@H](N)C(=O)O. The highest BCUT2D eigenvalue weighted by atomic mass is 16.4. The van der Waals surface area contributed by atoms with Crippen LogP contribution in [0.1, 0.15) is 26.5 Å². The number of rotatable bonds is 5. The van der Waals surface area contributed by atoms with E-state index in [1.54, 1.807) is 5.32 Å². The van der Waals surface area contributed by atoms with Crippen molar-refractivity contribution in [3.05, 3.63) is 0 Å². The predicted octanol–water partition coefficient (Wildman–Crippen LogP) is -0.685. The van der Waals surface area contributed by atoms with Gasteiger partial charge in [-0.3, -0.25) is 9.59 Å². The summed E-state index contributed by atoms with van der Waals surface area (Å²) in [6.07, 6.45) is -0.554. The van der Waals surface area contributed by atoms with Crippen LogP contribution in [0.3, 0.4) is 0 Å². The van der Waals surface area contributed by atoms with Crippen molar-refractivity contribution in [1.29, 1.82) is 0 Å². The molecule has 12 heavy (non-hydrogen) atoms. The number of aliphatic carboxylic acids is 1. The van der Waals surface area contributed by atoms with Crippen LogP contribution in [0.25, 0.3) is 0 Å². The third-order valence-corrected chi connectivity index (χ3v) is 1.20. The third-order valence-electron chi connectivity index (χ3n) is 1.20. The fourth-order valence-corrected chi connectivity index (χ4v) is 0.542. The molecular weight excluding hydrogens is 160 g/mol. The molecule has 0 aliphatic rings. The number of amides is 1. The largest absolute Gasteiger partial charge is 0.480 e. The number of hydrogen-bond donors (Lipinski definition) is 3. The zero-order valence-corrected chi connectivity index (χ0v) is 6.33. The number of nitrogens with two attached hydrogens (primary N) is 1. The van der Waals surface area contributed by atoms with Gasteiger partial charge in [-0.25, -0.2) is 0 Å². The Labute approximate surface area is 78.0 Å². The van der Waals surface area contributed by atoms with Gasteiger partial charge in [0.15, 0.2) is 0 Å². The van der Waals surface area contributed by atoms with Crippen LogP contribution in [0.4, 0.5) is 0 Å². The lowest BCUT2D eigenvalue weighted by atomic mass is 10.1. The lowest BCUT2D eigenvalue weighted by Gasteiger charge is -2.05. The highest BCUT2D eigenvalue weighted by Crippen LogP contribution is 1.93. The molecule has 0 rings (SSSR count). The maximum atomic E-state index is 11.2. The van der Waals surface area contributed by atoms with Gasteiger partial charge in [0, 0.05) is 19.8 Å². The summed E-state index contributed by atoms with van der Waals surface area (Å²) in [5, 5.41) is 10.1. The molecule has 1 atom stereocenters. The molecule has 0 saturated heterocycles. The van der Waals surface area contributed by atoms with Crippen molar-refractivity contribution in [2.45, 2.75) is 25.7 Å². The van der Waals surface area contributed by atoms with Crippen molar-refractivity contribution < 1.29 is 21.5 Å². The van der Waals surface area contributed by atoms with Crippen LogP contribution in [-0.4, -0.2) is 29.5 Å². The Morgan fingerprint density at radius 1 is 1.83 bits per heavy atom. The standard InChI is InChI=1S/C7H14N2O3/c1-2-9-6(10)4-3-5(8)7(11)12/h5H,2-4,8H2,1H3,(H,9,10)(H,11,12)/t5-/m0/s1/i1D3,2D2. The van der Waals surface area contributed by atoms with Crippen LogP contribution in [0.5, 0.6) is 0 Å². The predicted molar refractivity (Wildman–Crippen MR) is 43.5 cm³/mol. The van der Waals surface area contributed by atoms with E-state index in [0.29, 0.717) is 0 Å². The molecular formula is C7H14N2O3. The van der Waals surface area contributed by atoms with Gasteiger partial charge >= 0.3 is 5.97 Å². The smallest absolute Gasteiger partial charge is 0.320 e. The minimum atomic E-state index is -2.99. The highest BCUT2D eigenvalue weighted by Gasteiger charge is 2.12. The number of carbonyl (C=O) groups is 2. The molecule has 0 aliphatic carbocycles. The summed E-state index contributed by atoms with van der Waals surface area (Å²) < 4.78 is 34.7. The maximum Gasteiger partial charge on any atom is 0.320 e. The quantitative estimate of drug-likeness (QED) is 0.521. The van der Waals surface area contributed by atoms with Gasteiger partial charge in [-0.15, -0.1) is 0 Å². The van der Waals surface area contributed by atoms with E-state index in [4.69, 9.17) is 17.7 Å². The van der Waals surface area contributed by atoms with Crippen molar-refractivity contribution in [3.8, 4) is 0 Å². The molecule has 5 heteroatoms. The van der Waals surface area contributed by atoms with Crippen molar-refractivity contribution in [1.82, 2.24) is 5.32 Å². The minimum Gasteiger partial charge on any atom is -0.480 e. The van der Waals surface area contributed by atoms with Crippen molar-refractivity contribution in [2.75, 3.05) is 6.50 Å². The minimum absolute atomic E-state index is 0.196. The van der Waals surface area contributed by atoms with E-state index in [2.05, 4.69) is 0 Å². The van der Waals surface area contributed by atoms with Crippen LogP contribution in [-0.2, 0) is 9.59 Å². The second-order valence-electron chi connectivity index (χ2n) is 2.16. The normalized spacial score (nSPS) is 20.6. The molecule has 70 valence electrons. The Bertz CT molecular complexity index is 304. The summed E-state index contributed by atoms with van der Waals surface area (Å²) in [4.78, 5) is 21.5. The van der Waals surface area contributed by atoms with E-state index in [1.165, 1.54) is 0 Å². The van der Waals surface area contributed by atoms with Crippen LogP contribution < -0.4 is 11.1 Å². The monoisotopic (exact) mass is 179 g/mol. The first-order valence-corrected chi connectivity index (χ1v) is 3.27. The molecule has 0 fully saturated rings. The van der Waals surface area contributed by atoms with E-state index in [-0.39, 0.29) is 12.8 Å². The van der Waals surface area contributed by atoms with Crippen molar-refractivity contribution in [3.63, 3.8) is 0 Å². The summed E-state index contributed by atoms with van der Waals surface area (Å²) in [7, 11) is 0. The first-order valence-electron chi connectivity index (χ1n) is 5.77. The van der Waals surface area contributed by atoms with E-state index < -0.39 is 31.3 Å². The Hall–Kier alpha value is -1.10. The van der Waals surface area contributed by atoms with Crippen LogP contribution in [0, 0.1) is 0 Å². The first-order chi connectivity index (χ1) is 7.47. The van der Waals surface area contributed by atoms with Gasteiger partial charge in [-0.2, -0.15) is 0 Å². The number of carbonyl (C=O) groups excluding carboxylic acids is 1. The van der Waals surface area contributed by atoms with Crippen LogP contribution in [0.2, 0.25) is 0 Å². The number of carboxylic acids is 1. The molecule has 0 radical (unpaired) electrons. The van der Waals surface area contributed by atoms with E-state index >= 15 is 0 Å². The summed E-state index contributed by atoms with van der Waals surface area (Å²) in [6.45, 7) is -5.84. The topological polar surface area (TPSA) is 92.4 Å². The lowest BCUT2D eigenvalue weighted by Crippen LogP contribution is -2.32. The Morgan fingerprint density at radius 3 is 3.00 bits per heavy atom. The van der Waals surface area contributed by atoms with Gasteiger partial charge in [0.05, 0.1) is 0 Å². The molecule has 0 saturated carbocycles. The summed E-state index contributed by atoms with van der Waals surface area (Å²) in [6, 6.07) is -1.24. The van der Waals surface area contributed by atoms with Gasteiger partial charge in [0.2, 0.25) is 5.91 Å². The molecule has 4 N–H and O–H groups in total. The first kappa shape index (κ1) is 4.81. The lowest BCUT2D eigenvalue weighted by molar-refractivity contribution is -0.138. The van der Waals surface area contributed by atoms with Gasteiger partial charge < -0.3 is 16.2 Å². The Morgan fingerprint density at radius 2 is 2.50 bits per heavy atom. The number of hydrogen-bond acceptors (Lipinski definition) is 3. The van der Waals surface area contributed by atoms with Crippen molar-refractivity contribution >= 4 is 11.9 Å². The molecule has 0 spiro atoms. The molecule has 0 bridgehead atoms. The van der Waals surface area contributed by atoms with Gasteiger partial charge in [0.25, 0.3) is 0 Å². The Balaban J connectivity index is 4.25. The molecule has 0 unspecified atom stereocenters. The number of nitrogens with one attached hydrogen (secondary N) is 1. The molecule has 1 amide bonds. The highest BCUT2D eigenvalue weighted by molar-refractivity contribution is 5.78. The summed E-state index contributed by atoms with van der Waals surface area (Å²) >= 11 is 0. The van der Waals surface area contributed by atoms with Gasteiger partial charge in [-0.05, 0) is 13.3 Å². The second kappa shape index (κ2) is 5.54. The average molecular weight is 179 g/mol. The van der Waals surface area contributed by atoms with Crippen molar-refractivity contribution in [2.24, 2.45) is 5.73 Å². The van der Waals surface area contributed by atoms with Gasteiger partial charge in [-0.1, -0.05) is 0 Å². The average Bonchev–Trinajstić information content (AvgIpc) is 2.11. The fraction of sp³-hybridized carbons (Fsp3) is 0.714. The molecule has 0 aromatic heterocycles. The third kappa shape index (κ3) is 4.68. The molecule has 0 aromatic carbocycles. The molecule has 0 aliphatic heterocycles. The number of carboxylic acid groups (broad SMARTS) is 1. The zero-order valence-electron chi connectivity index (χ0n) is 11.3. The molecule has 0 aromatic rings. The van der Waals surface area contributed by atoms with E-state index in [1.807, 2.05) is 0 Å².